The van der Waals surface area contributed by atoms with Crippen molar-refractivity contribution in [2.75, 3.05) is 18.7 Å². The highest BCUT2D eigenvalue weighted by Gasteiger charge is 2.32. The molecule has 1 saturated heterocycles. The number of aromatic nitrogens is 1. The number of amides is 1. The summed E-state index contributed by atoms with van der Waals surface area (Å²) in [4.78, 5) is 19.4. The van der Waals surface area contributed by atoms with Gasteiger partial charge in [-0.3, -0.25) is 4.79 Å². The highest BCUT2D eigenvalue weighted by molar-refractivity contribution is 7.89. The van der Waals surface area contributed by atoms with E-state index in [1.54, 1.807) is 29.8 Å². The third-order valence-electron chi connectivity index (χ3n) is 6.55. The van der Waals surface area contributed by atoms with E-state index in [0.717, 1.165) is 40.8 Å². The van der Waals surface area contributed by atoms with E-state index in [4.69, 9.17) is 4.74 Å². The number of benzene rings is 2. The van der Waals surface area contributed by atoms with Crippen molar-refractivity contribution < 1.29 is 17.9 Å². The Morgan fingerprint density at radius 1 is 1.21 bits per heavy atom. The fourth-order valence-corrected chi connectivity index (χ4v) is 7.80. The molecule has 1 atom stereocenters. The van der Waals surface area contributed by atoms with E-state index in [-0.39, 0.29) is 10.9 Å². The summed E-state index contributed by atoms with van der Waals surface area (Å²) in [6, 6.07) is 15.5. The van der Waals surface area contributed by atoms with Crippen LogP contribution in [0.5, 0.6) is 5.75 Å². The third kappa shape index (κ3) is 5.37. The fraction of sp³-hybridized carbons (Fsp3) is 0.296. The van der Waals surface area contributed by atoms with E-state index in [1.807, 2.05) is 42.6 Å². The number of sulfonamides is 1. The first-order chi connectivity index (χ1) is 18.4. The zero-order valence-electron chi connectivity index (χ0n) is 21.1. The van der Waals surface area contributed by atoms with Crippen LogP contribution in [0.3, 0.4) is 0 Å². The number of ether oxygens (including phenoxy) is 1. The van der Waals surface area contributed by atoms with Gasteiger partial charge in [0.25, 0.3) is 5.91 Å². The number of hydrogen-bond donors (Lipinski definition) is 0. The second kappa shape index (κ2) is 11.3. The fourth-order valence-electron chi connectivity index (χ4n) is 4.50. The molecule has 1 aliphatic heterocycles. The Kier molecular flexibility index (Phi) is 7.89. The van der Waals surface area contributed by atoms with Gasteiger partial charge in [-0.25, -0.2) is 13.4 Å². The Bertz CT molecular complexity index is 1550. The average molecular weight is 569 g/mol. The molecule has 1 amide bonds. The van der Waals surface area contributed by atoms with Crippen LogP contribution in [-0.2, 0) is 10.0 Å². The van der Waals surface area contributed by atoms with Crippen molar-refractivity contribution in [3.8, 4) is 5.75 Å². The predicted octanol–water partition coefficient (Wildman–Crippen LogP) is 6.00. The maximum Gasteiger partial charge on any atom is 0.280 e. The van der Waals surface area contributed by atoms with Gasteiger partial charge in [-0.05, 0) is 73.2 Å². The monoisotopic (exact) mass is 568 g/mol. The molecule has 0 bridgehead atoms. The number of piperidine rings is 1. The summed E-state index contributed by atoms with van der Waals surface area (Å²) in [7, 11) is -2.04. The van der Waals surface area contributed by atoms with Crippen LogP contribution in [0.4, 0.5) is 5.13 Å². The van der Waals surface area contributed by atoms with Gasteiger partial charge in [-0.1, -0.05) is 30.7 Å². The van der Waals surface area contributed by atoms with E-state index in [0.29, 0.717) is 23.0 Å². The highest BCUT2D eigenvalue weighted by Crippen LogP contribution is 2.33. The Balaban J connectivity index is 1.46. The van der Waals surface area contributed by atoms with Crippen LogP contribution in [-0.4, -0.2) is 49.5 Å². The molecular formula is C27H28N4O4S3. The molecule has 2 aromatic heterocycles. The lowest BCUT2D eigenvalue weighted by Crippen LogP contribution is -2.43. The molecule has 38 heavy (non-hydrogen) atoms. The lowest BCUT2D eigenvalue weighted by molar-refractivity contribution is 0.0987. The molecule has 2 aromatic carbocycles. The summed E-state index contributed by atoms with van der Waals surface area (Å²) >= 11 is 2.83. The Hall–Kier alpha value is -3.12. The number of anilines is 1. The maximum atomic E-state index is 13.7. The summed E-state index contributed by atoms with van der Waals surface area (Å²) in [6.07, 6.45) is 5.17. The molecule has 0 radical (unpaired) electrons. The van der Waals surface area contributed by atoms with Crippen molar-refractivity contribution in [1.82, 2.24) is 9.29 Å². The molecule has 5 rings (SSSR count). The number of thiophene rings is 1. The van der Waals surface area contributed by atoms with Crippen molar-refractivity contribution in [3.63, 3.8) is 0 Å². The van der Waals surface area contributed by atoms with Crippen molar-refractivity contribution in [3.05, 3.63) is 70.4 Å². The first-order valence-electron chi connectivity index (χ1n) is 12.4. The molecule has 0 saturated carbocycles. The van der Waals surface area contributed by atoms with Crippen molar-refractivity contribution in [1.29, 1.82) is 0 Å². The second-order valence-corrected chi connectivity index (χ2v) is 12.8. The Labute approximate surface area is 230 Å². The van der Waals surface area contributed by atoms with Gasteiger partial charge < -0.3 is 4.74 Å². The summed E-state index contributed by atoms with van der Waals surface area (Å²) in [6.45, 7) is 2.54. The largest absolute Gasteiger partial charge is 0.497 e. The normalized spacial score (nSPS) is 16.7. The zero-order chi connectivity index (χ0) is 26.7. The first kappa shape index (κ1) is 26.5. The minimum absolute atomic E-state index is 0.00907. The summed E-state index contributed by atoms with van der Waals surface area (Å²) in [5.74, 6) is 0.292. The summed E-state index contributed by atoms with van der Waals surface area (Å²) < 4.78 is 34.5. The number of hydrazone groups is 1. The van der Waals surface area contributed by atoms with Crippen molar-refractivity contribution in [2.24, 2.45) is 5.10 Å². The van der Waals surface area contributed by atoms with Gasteiger partial charge in [0.2, 0.25) is 15.2 Å². The van der Waals surface area contributed by atoms with E-state index in [9.17, 15) is 13.2 Å². The number of fused-ring (bicyclic) bond motifs is 1. The van der Waals surface area contributed by atoms with Gasteiger partial charge in [-0.2, -0.15) is 14.4 Å². The number of nitrogens with zero attached hydrogens (tertiary/aromatic N) is 4. The smallest absolute Gasteiger partial charge is 0.280 e. The van der Waals surface area contributed by atoms with Crippen molar-refractivity contribution in [2.45, 2.75) is 43.5 Å². The molecule has 11 heteroatoms. The standard InChI is InChI=1S/C27H28N4O4S3/c1-3-20-7-4-5-15-30(20)38(33,34)23-12-9-19(10-13-23)26(32)31(28-18-22-8-6-16-36-22)27-29-24-14-11-21(35-2)17-25(24)37-27/h6,8-14,16-18,20H,3-5,7,15H2,1-2H3/b28-18+. The van der Waals surface area contributed by atoms with Gasteiger partial charge in [0.05, 0.1) is 28.4 Å². The molecule has 1 aliphatic rings. The quantitative estimate of drug-likeness (QED) is 0.192. The molecule has 4 aromatic rings. The van der Waals surface area contributed by atoms with Gasteiger partial charge in [-0.15, -0.1) is 11.3 Å². The molecule has 8 nitrogen and oxygen atoms in total. The lowest BCUT2D eigenvalue weighted by Gasteiger charge is -2.34. The number of methoxy groups -OCH3 is 1. The van der Waals surface area contributed by atoms with Crippen LogP contribution < -0.4 is 9.75 Å². The van der Waals surface area contributed by atoms with Gasteiger partial charge >= 0.3 is 0 Å². The number of carbonyl (C=O) groups excluding carboxylic acids is 1. The SMILES string of the molecule is CCC1CCCCN1S(=O)(=O)c1ccc(C(=O)N(/N=C/c2cccs2)c2nc3ccc(OC)cc3s2)cc1. The minimum atomic E-state index is -3.64. The number of hydrogen-bond acceptors (Lipinski definition) is 8. The van der Waals surface area contributed by atoms with E-state index in [2.05, 4.69) is 10.1 Å². The molecule has 198 valence electrons. The van der Waals surface area contributed by atoms with Gasteiger partial charge in [0.15, 0.2) is 0 Å². The summed E-state index contributed by atoms with van der Waals surface area (Å²) in [5.41, 5.74) is 1.04. The molecule has 1 fully saturated rings. The molecule has 0 N–H and O–H groups in total. The molecular weight excluding hydrogens is 541 g/mol. The van der Waals surface area contributed by atoms with Crippen LogP contribution in [0.2, 0.25) is 0 Å². The second-order valence-electron chi connectivity index (χ2n) is 8.91. The van der Waals surface area contributed by atoms with Gasteiger partial charge in [0.1, 0.15) is 5.75 Å². The zero-order valence-corrected chi connectivity index (χ0v) is 23.6. The van der Waals surface area contributed by atoms with Crippen LogP contribution in [0.15, 0.2) is 70.0 Å². The van der Waals surface area contributed by atoms with Crippen LogP contribution in [0.25, 0.3) is 10.2 Å². The predicted molar refractivity (Wildman–Crippen MR) is 153 cm³/mol. The van der Waals surface area contributed by atoms with Crippen LogP contribution in [0, 0.1) is 0 Å². The minimum Gasteiger partial charge on any atom is -0.497 e. The molecule has 0 spiro atoms. The van der Waals surface area contributed by atoms with Crippen LogP contribution >= 0.6 is 22.7 Å². The number of thiazole rings is 1. The third-order valence-corrected chi connectivity index (χ3v) is 10.3. The molecule has 3 heterocycles. The molecule has 0 aliphatic carbocycles. The Morgan fingerprint density at radius 2 is 2.03 bits per heavy atom. The van der Waals surface area contributed by atoms with Gasteiger partial charge in [0, 0.05) is 23.0 Å². The maximum absolute atomic E-state index is 13.7. The van der Waals surface area contributed by atoms with E-state index in [1.165, 1.54) is 39.8 Å². The van der Waals surface area contributed by atoms with E-state index >= 15 is 0 Å². The van der Waals surface area contributed by atoms with Crippen LogP contribution in [0.1, 0.15) is 47.8 Å². The lowest BCUT2D eigenvalue weighted by atomic mass is 10.0. The Morgan fingerprint density at radius 3 is 2.74 bits per heavy atom. The number of rotatable bonds is 8. The molecule has 1 unspecified atom stereocenters. The van der Waals surface area contributed by atoms with Crippen molar-refractivity contribution >= 4 is 60.2 Å². The number of carbonyl (C=O) groups is 1. The van der Waals surface area contributed by atoms with E-state index < -0.39 is 15.9 Å². The average Bonchev–Trinajstić information content (AvgIpc) is 3.62. The first-order valence-corrected chi connectivity index (χ1v) is 15.5. The summed E-state index contributed by atoms with van der Waals surface area (Å²) in [5, 5.41) is 8.07. The topological polar surface area (TPSA) is 92.2 Å². The highest BCUT2D eigenvalue weighted by atomic mass is 32.2.